The van der Waals surface area contributed by atoms with Crippen LogP contribution in [-0.2, 0) is 11.2 Å². The molecule has 2 heterocycles. The zero-order valence-electron chi connectivity index (χ0n) is 11.6. The lowest BCUT2D eigenvalue weighted by Gasteiger charge is -2.34. The van der Waals surface area contributed by atoms with E-state index in [0.29, 0.717) is 6.42 Å². The summed E-state index contributed by atoms with van der Waals surface area (Å²) in [6, 6.07) is 4.12. The van der Waals surface area contributed by atoms with Gasteiger partial charge in [-0.2, -0.15) is 0 Å². The molecule has 2 N–H and O–H groups in total. The van der Waals surface area contributed by atoms with Gasteiger partial charge in [-0.3, -0.25) is 4.79 Å². The van der Waals surface area contributed by atoms with Crippen LogP contribution in [0.5, 0.6) is 0 Å². The van der Waals surface area contributed by atoms with Crippen LogP contribution in [0.1, 0.15) is 29.5 Å². The van der Waals surface area contributed by atoms with Gasteiger partial charge in [-0.25, -0.2) is 0 Å². The van der Waals surface area contributed by atoms with E-state index in [1.54, 1.807) is 11.3 Å². The zero-order valence-corrected chi connectivity index (χ0v) is 13.3. The number of piperidine rings is 1. The number of aryl methyl sites for hydroxylation is 1. The Morgan fingerprint density at radius 2 is 2.11 bits per heavy atom. The Kier molecular flexibility index (Phi) is 6.30. The monoisotopic (exact) mass is 302 g/mol. The van der Waals surface area contributed by atoms with Crippen LogP contribution >= 0.6 is 23.7 Å². The number of hydrogen-bond donors (Lipinski definition) is 2. The summed E-state index contributed by atoms with van der Waals surface area (Å²) >= 11 is 1.71. The van der Waals surface area contributed by atoms with Crippen LogP contribution in [0.25, 0.3) is 0 Å². The average molecular weight is 303 g/mol. The molecule has 1 aliphatic heterocycles. The summed E-state index contributed by atoms with van der Waals surface area (Å²) in [5.74, 6) is 0.150. The summed E-state index contributed by atoms with van der Waals surface area (Å²) in [6.45, 7) is 7.27. The fourth-order valence-electron chi connectivity index (χ4n) is 2.32. The highest BCUT2D eigenvalue weighted by atomic mass is 35.5. The Morgan fingerprint density at radius 1 is 1.42 bits per heavy atom. The highest BCUT2D eigenvalue weighted by Gasteiger charge is 2.26. The van der Waals surface area contributed by atoms with Crippen LogP contribution in [0, 0.1) is 12.3 Å². The number of halogens is 1. The van der Waals surface area contributed by atoms with Crippen LogP contribution in [0.15, 0.2) is 12.1 Å². The van der Waals surface area contributed by atoms with Crippen LogP contribution in [-0.4, -0.2) is 25.5 Å². The predicted molar refractivity (Wildman–Crippen MR) is 83.2 cm³/mol. The number of rotatable bonds is 4. The van der Waals surface area contributed by atoms with Crippen LogP contribution < -0.4 is 10.6 Å². The van der Waals surface area contributed by atoms with Crippen molar-refractivity contribution in [3.63, 3.8) is 0 Å². The van der Waals surface area contributed by atoms with E-state index in [-0.39, 0.29) is 23.7 Å². The Labute approximate surface area is 125 Å². The first-order valence-corrected chi connectivity index (χ1v) is 7.42. The van der Waals surface area contributed by atoms with Crippen molar-refractivity contribution < 1.29 is 4.79 Å². The van der Waals surface area contributed by atoms with E-state index >= 15 is 0 Å². The molecule has 5 heteroatoms. The first-order valence-electron chi connectivity index (χ1n) is 6.60. The minimum atomic E-state index is 0. The molecular formula is C14H23ClN2OS. The third-order valence-electron chi connectivity index (χ3n) is 3.65. The van der Waals surface area contributed by atoms with Gasteiger partial charge in [0.1, 0.15) is 0 Å². The van der Waals surface area contributed by atoms with Crippen LogP contribution in [0.4, 0.5) is 0 Å². The molecule has 2 rings (SSSR count). The summed E-state index contributed by atoms with van der Waals surface area (Å²) in [6.07, 6.45) is 2.81. The Balaban J connectivity index is 0.00000180. The maximum absolute atomic E-state index is 11.9. The van der Waals surface area contributed by atoms with Gasteiger partial charge in [-0.1, -0.05) is 6.92 Å². The Bertz CT molecular complexity index is 413. The van der Waals surface area contributed by atoms with Crippen molar-refractivity contribution in [1.29, 1.82) is 0 Å². The van der Waals surface area contributed by atoms with Crippen LogP contribution in [0.3, 0.4) is 0 Å². The minimum Gasteiger partial charge on any atom is -0.355 e. The molecule has 0 unspecified atom stereocenters. The summed E-state index contributed by atoms with van der Waals surface area (Å²) in [7, 11) is 0. The lowest BCUT2D eigenvalue weighted by molar-refractivity contribution is -0.120. The van der Waals surface area contributed by atoms with Crippen LogP contribution in [0.2, 0.25) is 0 Å². The number of hydrogen-bond acceptors (Lipinski definition) is 3. The summed E-state index contributed by atoms with van der Waals surface area (Å²) in [4.78, 5) is 14.3. The lowest BCUT2D eigenvalue weighted by Crippen LogP contribution is -2.43. The van der Waals surface area contributed by atoms with E-state index in [1.165, 1.54) is 4.88 Å². The first-order chi connectivity index (χ1) is 8.57. The highest BCUT2D eigenvalue weighted by molar-refractivity contribution is 7.12. The molecule has 3 nitrogen and oxygen atoms in total. The maximum atomic E-state index is 11.9. The van der Waals surface area contributed by atoms with E-state index in [4.69, 9.17) is 0 Å². The molecule has 1 aromatic rings. The zero-order chi connectivity index (χ0) is 13.0. The van der Waals surface area contributed by atoms with Gasteiger partial charge < -0.3 is 10.6 Å². The van der Waals surface area contributed by atoms with Crippen molar-refractivity contribution in [3.8, 4) is 0 Å². The molecule has 0 aliphatic carbocycles. The Hall–Kier alpha value is -0.580. The fourth-order valence-corrected chi connectivity index (χ4v) is 3.21. The largest absolute Gasteiger partial charge is 0.355 e. The lowest BCUT2D eigenvalue weighted by atomic mass is 9.81. The van der Waals surface area contributed by atoms with Crippen molar-refractivity contribution >= 4 is 29.7 Å². The highest BCUT2D eigenvalue weighted by Crippen LogP contribution is 2.26. The first kappa shape index (κ1) is 16.5. The van der Waals surface area contributed by atoms with Crippen molar-refractivity contribution in [1.82, 2.24) is 10.6 Å². The van der Waals surface area contributed by atoms with Gasteiger partial charge in [0, 0.05) is 16.3 Å². The van der Waals surface area contributed by atoms with E-state index in [0.717, 1.165) is 37.4 Å². The second-order valence-corrected chi connectivity index (χ2v) is 6.90. The number of amides is 1. The maximum Gasteiger partial charge on any atom is 0.225 e. The molecule has 108 valence electrons. The molecule has 0 saturated carbocycles. The molecular weight excluding hydrogens is 280 g/mol. The van der Waals surface area contributed by atoms with E-state index in [9.17, 15) is 4.79 Å². The fraction of sp³-hybridized carbons (Fsp3) is 0.643. The number of carbonyl (C=O) groups excluding carboxylic acids is 1. The number of nitrogens with one attached hydrogen (secondary N) is 2. The molecule has 1 saturated heterocycles. The van der Waals surface area contributed by atoms with Gasteiger partial charge in [0.05, 0.1) is 6.42 Å². The van der Waals surface area contributed by atoms with Gasteiger partial charge in [0.2, 0.25) is 5.91 Å². The van der Waals surface area contributed by atoms with E-state index in [2.05, 4.69) is 30.5 Å². The second kappa shape index (κ2) is 7.27. The third kappa shape index (κ3) is 5.13. The normalized spacial score (nSPS) is 17.6. The smallest absolute Gasteiger partial charge is 0.225 e. The van der Waals surface area contributed by atoms with Gasteiger partial charge in [0.15, 0.2) is 0 Å². The number of carbonyl (C=O) groups is 1. The van der Waals surface area contributed by atoms with Gasteiger partial charge in [-0.15, -0.1) is 23.7 Å². The Morgan fingerprint density at radius 3 is 2.68 bits per heavy atom. The van der Waals surface area contributed by atoms with Gasteiger partial charge in [-0.05, 0) is 50.4 Å². The average Bonchev–Trinajstić information content (AvgIpc) is 2.73. The van der Waals surface area contributed by atoms with E-state index < -0.39 is 0 Å². The minimum absolute atomic E-state index is 0. The van der Waals surface area contributed by atoms with Crippen molar-refractivity contribution in [2.45, 2.75) is 33.1 Å². The molecule has 1 aromatic heterocycles. The predicted octanol–water partition coefficient (Wildman–Crippen LogP) is 2.53. The molecule has 0 radical (unpaired) electrons. The molecule has 1 aliphatic rings. The van der Waals surface area contributed by atoms with Crippen molar-refractivity contribution in [2.24, 2.45) is 5.41 Å². The topological polar surface area (TPSA) is 41.1 Å². The second-order valence-electron chi connectivity index (χ2n) is 5.53. The summed E-state index contributed by atoms with van der Waals surface area (Å²) in [5.41, 5.74) is 0.270. The standard InChI is InChI=1S/C14H22N2OS.ClH/c1-11-3-4-12(18-11)9-13(17)16-10-14(2)5-7-15-8-6-14;/h3-4,15H,5-10H2,1-2H3,(H,16,17);1H. The summed E-state index contributed by atoms with van der Waals surface area (Å²) < 4.78 is 0. The molecule has 1 amide bonds. The van der Waals surface area contributed by atoms with E-state index in [1.807, 2.05) is 6.07 Å². The SMILES string of the molecule is Cc1ccc(CC(=O)NCC2(C)CCNCC2)s1.Cl. The molecule has 0 aromatic carbocycles. The van der Waals surface area contributed by atoms with Gasteiger partial charge >= 0.3 is 0 Å². The molecule has 19 heavy (non-hydrogen) atoms. The van der Waals surface area contributed by atoms with Crippen molar-refractivity contribution in [2.75, 3.05) is 19.6 Å². The number of thiophene rings is 1. The molecule has 0 atom stereocenters. The molecule has 0 bridgehead atoms. The quantitative estimate of drug-likeness (QED) is 0.897. The molecule has 0 spiro atoms. The van der Waals surface area contributed by atoms with Crippen molar-refractivity contribution in [3.05, 3.63) is 21.9 Å². The third-order valence-corrected chi connectivity index (χ3v) is 4.65. The molecule has 1 fully saturated rings. The van der Waals surface area contributed by atoms with Gasteiger partial charge in [0.25, 0.3) is 0 Å². The summed E-state index contributed by atoms with van der Waals surface area (Å²) in [5, 5.41) is 6.45.